The molecule has 8 aromatic heterocycles. The first-order valence-corrected chi connectivity index (χ1v) is 37.6. The van der Waals surface area contributed by atoms with Crippen LogP contribution in [0.4, 0.5) is 17.6 Å². The molecular formula is C76H78BrClF4KN15O11S2. The van der Waals surface area contributed by atoms with E-state index in [0.29, 0.717) is 84.5 Å². The van der Waals surface area contributed by atoms with E-state index in [0.717, 1.165) is 40.0 Å². The number of pyridine rings is 4. The summed E-state index contributed by atoms with van der Waals surface area (Å²) in [5, 5.41) is 38.5. The van der Waals surface area contributed by atoms with E-state index in [1.807, 2.05) is 6.07 Å². The number of esters is 1. The van der Waals surface area contributed by atoms with Gasteiger partial charge in [0.15, 0.2) is 19.7 Å². The van der Waals surface area contributed by atoms with Gasteiger partial charge in [-0.1, -0.05) is 57.2 Å². The second kappa shape index (κ2) is 43.6. The third-order valence-electron chi connectivity index (χ3n) is 16.0. The molecule has 7 N–H and O–H groups in total. The van der Waals surface area contributed by atoms with Gasteiger partial charge < -0.3 is 48.8 Å². The van der Waals surface area contributed by atoms with Crippen molar-refractivity contribution in [2.75, 3.05) is 45.9 Å². The largest absolute Gasteiger partial charge is 1.00 e. The number of nitrogens with zero attached hydrogens (tertiary/aromatic N) is 13. The number of aliphatic hydroxyl groups excluding tert-OH is 1. The smallest absolute Gasteiger partial charge is 1.00 e. The predicted molar refractivity (Wildman–Crippen MR) is 408 cm³/mol. The second-order valence-electron chi connectivity index (χ2n) is 22.9. The Kier molecular flexibility index (Phi) is 36.0. The zero-order chi connectivity index (χ0) is 78.2. The van der Waals surface area contributed by atoms with Crippen LogP contribution in [-0.4, -0.2) is 160 Å². The maximum Gasteiger partial charge on any atom is 1.00 e. The summed E-state index contributed by atoms with van der Waals surface area (Å²) >= 11 is 3.42. The molecule has 1 amide bonds. The maximum absolute atomic E-state index is 13.2. The number of hydrogen-bond donors (Lipinski definition) is 4. The second-order valence-corrected chi connectivity index (χ2v) is 27.7. The minimum Gasteiger partial charge on any atom is -1.00 e. The molecule has 8 heterocycles. The molecule has 0 saturated carbocycles. The summed E-state index contributed by atoms with van der Waals surface area (Å²) in [6.45, 7) is 12.7. The Labute approximate surface area is 695 Å². The summed E-state index contributed by atoms with van der Waals surface area (Å²) in [6.07, 6.45) is 21.0. The Morgan fingerprint density at radius 2 is 0.802 bits per heavy atom. The monoisotopic (exact) mass is 1670 g/mol. The quantitative estimate of drug-likeness (QED) is 0.0484. The van der Waals surface area contributed by atoms with Gasteiger partial charge in [-0.25, -0.2) is 62.7 Å². The molecule has 0 atom stereocenters. The van der Waals surface area contributed by atoms with Gasteiger partial charge in [0, 0.05) is 84.0 Å². The molecule has 111 heavy (non-hydrogen) atoms. The molecule has 578 valence electrons. The van der Waals surface area contributed by atoms with Gasteiger partial charge in [-0.05, 0) is 157 Å². The number of nitrogens with one attached hydrogen (secondary N) is 1. The predicted octanol–water partition coefficient (Wildman–Crippen LogP) is 6.08. The van der Waals surface area contributed by atoms with Crippen LogP contribution in [0.5, 0.6) is 0 Å². The molecule has 0 unspecified atom stereocenters. The Hall–Kier alpha value is -9.92. The number of aromatic nitrogens is 12. The zero-order valence-corrected chi connectivity index (χ0v) is 68.3. The van der Waals surface area contributed by atoms with Gasteiger partial charge in [0.2, 0.25) is 0 Å². The van der Waals surface area contributed by atoms with Crippen molar-refractivity contribution in [3.05, 3.63) is 276 Å². The molecule has 0 aliphatic heterocycles. The number of rotatable bonds is 16. The van der Waals surface area contributed by atoms with E-state index in [-0.39, 0.29) is 111 Å². The van der Waals surface area contributed by atoms with Gasteiger partial charge in [0.25, 0.3) is 5.91 Å². The third kappa shape index (κ3) is 24.0. The van der Waals surface area contributed by atoms with E-state index < -0.39 is 37.5 Å². The van der Waals surface area contributed by atoms with Crippen LogP contribution in [0.15, 0.2) is 234 Å². The van der Waals surface area contributed by atoms with Crippen LogP contribution in [0.2, 0.25) is 0 Å². The number of hydrogen-bond acceptors (Lipinski definition) is 19. The first kappa shape index (κ1) is 91.7. The number of quaternary nitrogens is 1. The topological polar surface area (TPSA) is 365 Å². The number of fused-ring (bicyclic) bond motifs is 4. The van der Waals surface area contributed by atoms with Crippen molar-refractivity contribution in [2.24, 2.45) is 0 Å². The molecule has 0 aliphatic carbocycles. The van der Waals surface area contributed by atoms with Crippen LogP contribution in [0.25, 0.3) is 66.4 Å². The molecule has 26 nitrogen and oxygen atoms in total. The molecule has 0 radical (unpaired) electrons. The summed E-state index contributed by atoms with van der Waals surface area (Å²) in [5.74, 6) is -3.18. The van der Waals surface area contributed by atoms with Crippen molar-refractivity contribution >= 4 is 97.1 Å². The molecule has 14 rings (SSSR count). The van der Waals surface area contributed by atoms with Crippen molar-refractivity contribution in [3.63, 3.8) is 0 Å². The van der Waals surface area contributed by atoms with Crippen molar-refractivity contribution in [1.82, 2.24) is 69.3 Å². The van der Waals surface area contributed by atoms with Crippen molar-refractivity contribution in [2.45, 2.75) is 50.6 Å². The fourth-order valence-electron chi connectivity index (χ4n) is 10.6. The Bertz CT molecular complexity index is 5640. The standard InChI is InChI=1S/C21H17FN4O3S.C15H12FN3O2.C13H8FN3O2.C12H7BrFN3.C8H11NO2S.C6H15N.CH4O.ClH.K.H2O.H2/c1-30(28,29)20-5-3-2-4-14(20)10-24-21(27)18-11-23-13-19-17(18)12-25-26(19)16-8-6-15(22)7-9-16;1-2-21-15(20)13-7-17-9-14-12(13)8-18-19(14)11-5-3-10(16)4-6-11;14-8-1-3-9(4-2-8)17-12-7-15-5-11(13(18)19)10(12)6-16-17;13-11-6-15-7-12-10(11)5-16-17(12)9-3-1-8(14)2-4-9;1-12(10,11)8-5-3-2-4-7(8)6-9;1-4-7(5-2)6-3;1-2;;;;/h2-9,11-13H,10H2,1H3,(H,24,27);3-9H,2H2,1H3;1-7H,(H,18,19);1-7H;2-5H,6,9H2,1H3;4-6H2,1-3H3;2H,1H3;1H;;1H2;1H/q;;;;;;;;+1;;/p-1/i;;;;;;;;;;1+1. The van der Waals surface area contributed by atoms with E-state index in [9.17, 15) is 48.8 Å². The van der Waals surface area contributed by atoms with Crippen LogP contribution < -0.4 is 74.8 Å². The van der Waals surface area contributed by atoms with E-state index in [1.165, 1.54) is 116 Å². The SMILES string of the molecule is CCN(CC)CC.CCOC(=O)c1cncc2c1cnn2-c1ccc(F)cc1.CO.CS(=O)(=O)c1ccccc1CNC(=O)c1cncc2c1cnn2-c1ccc(F)cc1.CS(=O)(=O)c1ccccc1C[NH3+].Fc1ccc(-n2ncc3c(Br)cncc32)cc1.O=C(O)c1cncc2c1cnn2-c1ccc(F)cc1.[2HH].[Cl-].[K+].[OH-]. The molecule has 0 fully saturated rings. The van der Waals surface area contributed by atoms with Gasteiger partial charge in [-0.3, -0.25) is 24.7 Å². The number of aliphatic hydroxyl groups is 1. The summed E-state index contributed by atoms with van der Waals surface area (Å²) in [6, 6.07) is 37.1. The molecule has 0 saturated heterocycles. The van der Waals surface area contributed by atoms with Crippen molar-refractivity contribution in [1.29, 1.82) is 0 Å². The fourth-order valence-corrected chi connectivity index (χ4v) is 13.0. The number of carbonyl (C=O) groups is 3. The number of amides is 1. The molecule has 6 aromatic carbocycles. The normalized spacial score (nSPS) is 10.6. The number of sulfone groups is 2. The van der Waals surface area contributed by atoms with Gasteiger partial charge in [0.05, 0.1) is 127 Å². The first-order valence-electron chi connectivity index (χ1n) is 33.0. The Balaban J connectivity index is 0.000000291. The van der Waals surface area contributed by atoms with E-state index in [2.05, 4.69) is 93.0 Å². The maximum atomic E-state index is 13.2. The van der Waals surface area contributed by atoms with Crippen molar-refractivity contribution < 1.29 is 140 Å². The van der Waals surface area contributed by atoms with E-state index in [4.69, 9.17) is 14.9 Å². The number of carboxylic acids is 1. The number of ether oxygens (including phenoxy) is 1. The van der Waals surface area contributed by atoms with Crippen LogP contribution in [-0.2, 0) is 37.5 Å². The van der Waals surface area contributed by atoms with Gasteiger partial charge in [-0.2, -0.15) is 20.4 Å². The summed E-state index contributed by atoms with van der Waals surface area (Å²) in [4.78, 5) is 54.9. The Morgan fingerprint density at radius 3 is 1.14 bits per heavy atom. The average Bonchev–Trinajstić information content (AvgIpc) is 1.51. The molecule has 0 spiro atoms. The molecule has 14 aromatic rings. The zero-order valence-electron chi connectivity index (χ0n) is 61.2. The number of aromatic carboxylic acids is 1. The molecule has 0 aliphatic rings. The number of benzene rings is 6. The first-order chi connectivity index (χ1) is 51.9. The van der Waals surface area contributed by atoms with Gasteiger partial charge in [0.1, 0.15) is 29.8 Å². The number of halogens is 6. The number of carboxylic acid groups (broad SMARTS) is 1. The fraction of sp³-hybridized carbons (Fsp3) is 0.171. The minimum atomic E-state index is -3.41. The molecule has 0 bridgehead atoms. The van der Waals surface area contributed by atoms with Gasteiger partial charge in [-0.15, -0.1) is 0 Å². The third-order valence-corrected chi connectivity index (χ3v) is 19.0. The van der Waals surface area contributed by atoms with Crippen LogP contribution >= 0.6 is 15.9 Å². The van der Waals surface area contributed by atoms with E-state index >= 15 is 0 Å². The van der Waals surface area contributed by atoms with Crippen LogP contribution in [0.3, 0.4) is 0 Å². The Morgan fingerprint density at radius 1 is 0.486 bits per heavy atom. The summed E-state index contributed by atoms with van der Waals surface area (Å²) in [5.41, 5.74) is 11.2. The van der Waals surface area contributed by atoms with Gasteiger partial charge >= 0.3 is 63.3 Å². The summed E-state index contributed by atoms with van der Waals surface area (Å²) < 4.78 is 111. The van der Waals surface area contributed by atoms with E-state index in [1.54, 1.807) is 149 Å². The molecular weight excluding hydrogens is 1590 g/mol. The minimum absolute atomic E-state index is 0. The molecule has 35 heteroatoms. The van der Waals surface area contributed by atoms with Crippen LogP contribution in [0, 0.1) is 23.3 Å². The van der Waals surface area contributed by atoms with Crippen LogP contribution in [0.1, 0.15) is 71.3 Å². The number of carbonyl (C=O) groups excluding carboxylic acids is 2. The average molecular weight is 1670 g/mol. The summed E-state index contributed by atoms with van der Waals surface area (Å²) in [7, 11) is -5.50. The van der Waals surface area contributed by atoms with Crippen molar-refractivity contribution in [3.8, 4) is 22.7 Å².